The number of amides is 2. The molecule has 3 aliphatic rings. The van der Waals surface area contributed by atoms with Crippen LogP contribution in [0.15, 0.2) is 35.3 Å². The Morgan fingerprint density at radius 3 is 2.56 bits per heavy atom. The number of aromatic nitrogens is 2. The summed E-state index contributed by atoms with van der Waals surface area (Å²) < 4.78 is 16.5. The van der Waals surface area contributed by atoms with Gasteiger partial charge in [0.25, 0.3) is 0 Å². The zero-order valence-corrected chi connectivity index (χ0v) is 20.7. The Kier molecular flexibility index (Phi) is 7.64. The highest BCUT2D eigenvalue weighted by atomic mass is 19.1. The van der Waals surface area contributed by atoms with Crippen LogP contribution in [0.3, 0.4) is 0 Å². The smallest absolute Gasteiger partial charge is 0.328 e. The molecular formula is C26H36FN7O2. The Hall–Kier alpha value is -2.82. The molecule has 194 valence electrons. The van der Waals surface area contributed by atoms with E-state index in [0.717, 1.165) is 51.2 Å². The van der Waals surface area contributed by atoms with Gasteiger partial charge in [0.1, 0.15) is 11.6 Å². The van der Waals surface area contributed by atoms with E-state index in [2.05, 4.69) is 20.5 Å². The third-order valence-electron chi connectivity index (χ3n) is 7.58. The number of hydrogen-bond acceptors (Lipinski definition) is 6. The highest BCUT2D eigenvalue weighted by molar-refractivity contribution is 5.88. The number of anilines is 1. The normalized spacial score (nSPS) is 22.6. The molecule has 2 saturated carbocycles. The summed E-state index contributed by atoms with van der Waals surface area (Å²) in [7, 11) is 0. The lowest BCUT2D eigenvalue weighted by Gasteiger charge is -2.36. The fraction of sp³-hybridized carbons (Fsp3) is 0.577. The number of hydrogen-bond donors (Lipinski definition) is 3. The van der Waals surface area contributed by atoms with E-state index in [-0.39, 0.29) is 23.7 Å². The van der Waals surface area contributed by atoms with Gasteiger partial charge in [-0.2, -0.15) is 4.98 Å². The molecule has 2 aliphatic carbocycles. The van der Waals surface area contributed by atoms with Crippen molar-refractivity contribution in [3.8, 4) is 5.69 Å². The van der Waals surface area contributed by atoms with E-state index < -0.39 is 5.69 Å². The van der Waals surface area contributed by atoms with Crippen LogP contribution in [0.4, 0.5) is 15.0 Å². The van der Waals surface area contributed by atoms with Crippen molar-refractivity contribution in [2.45, 2.75) is 57.2 Å². The van der Waals surface area contributed by atoms with Gasteiger partial charge in [0.2, 0.25) is 0 Å². The number of nitrogens with zero attached hydrogens (tertiary/aromatic N) is 4. The van der Waals surface area contributed by atoms with Gasteiger partial charge in [0.15, 0.2) is 0 Å². The van der Waals surface area contributed by atoms with Crippen LogP contribution in [0.2, 0.25) is 0 Å². The lowest BCUT2D eigenvalue weighted by atomic mass is 9.90. The van der Waals surface area contributed by atoms with Gasteiger partial charge in [0, 0.05) is 63.1 Å². The minimum atomic E-state index is -0.575. The summed E-state index contributed by atoms with van der Waals surface area (Å²) in [6, 6.07) is 6.92. The van der Waals surface area contributed by atoms with Crippen LogP contribution >= 0.6 is 0 Å². The first kappa shape index (κ1) is 24.9. The molecule has 5 rings (SSSR count). The van der Waals surface area contributed by atoms with Crippen molar-refractivity contribution in [2.75, 3.05) is 38.0 Å². The number of halogens is 1. The Bertz CT molecular complexity index is 1120. The highest BCUT2D eigenvalue weighted by Crippen LogP contribution is 2.33. The van der Waals surface area contributed by atoms with E-state index in [1.165, 1.54) is 29.7 Å². The van der Waals surface area contributed by atoms with Gasteiger partial charge < -0.3 is 16.0 Å². The van der Waals surface area contributed by atoms with Crippen LogP contribution in [0.25, 0.3) is 5.69 Å². The van der Waals surface area contributed by atoms with Crippen molar-refractivity contribution >= 4 is 11.8 Å². The average Bonchev–Trinajstić information content (AvgIpc) is 3.70. The lowest BCUT2D eigenvalue weighted by molar-refractivity contribution is 0.134. The van der Waals surface area contributed by atoms with Crippen LogP contribution in [-0.4, -0.2) is 70.2 Å². The van der Waals surface area contributed by atoms with Crippen molar-refractivity contribution in [2.24, 2.45) is 11.7 Å². The monoisotopic (exact) mass is 497 g/mol. The van der Waals surface area contributed by atoms with Crippen molar-refractivity contribution < 1.29 is 9.18 Å². The predicted octanol–water partition coefficient (Wildman–Crippen LogP) is 2.29. The molecule has 1 saturated heterocycles. The van der Waals surface area contributed by atoms with Gasteiger partial charge >= 0.3 is 11.7 Å². The van der Waals surface area contributed by atoms with E-state index in [9.17, 15) is 9.59 Å². The van der Waals surface area contributed by atoms with Crippen molar-refractivity contribution in [1.29, 1.82) is 0 Å². The Balaban J connectivity index is 1.27. The SMILES string of the molecule is N[C@H]1CC[C@H](N(Cc2ccc(-n3ccc(NC(=O)N4CCNCC4)nc3=O)cc2F)CC2CC2)CC1. The van der Waals surface area contributed by atoms with Gasteiger partial charge in [-0.05, 0) is 62.6 Å². The zero-order chi connectivity index (χ0) is 25.1. The number of benzene rings is 1. The van der Waals surface area contributed by atoms with Crippen molar-refractivity contribution in [1.82, 2.24) is 24.7 Å². The number of piperazine rings is 1. The molecule has 0 unspecified atom stereocenters. The summed E-state index contributed by atoms with van der Waals surface area (Å²) >= 11 is 0. The third kappa shape index (κ3) is 6.11. The standard InChI is InChI=1S/C26H36FN7O2/c27-23-15-22(34-12-9-24(31-26(34)36)30-25(35)32-13-10-29-11-14-32)6-3-19(23)17-33(16-18-1-2-18)21-7-4-20(28)5-8-21/h3,6,9,12,15,18,20-21,29H,1-2,4-5,7-8,10-11,13-14,16-17,28H2,(H,30,31,35,36)/t20-,21-. The van der Waals surface area contributed by atoms with E-state index in [0.29, 0.717) is 36.9 Å². The van der Waals surface area contributed by atoms with Gasteiger partial charge in [-0.15, -0.1) is 0 Å². The minimum Gasteiger partial charge on any atom is -0.328 e. The highest BCUT2D eigenvalue weighted by Gasteiger charge is 2.30. The summed E-state index contributed by atoms with van der Waals surface area (Å²) in [5.41, 5.74) is 6.57. The molecule has 36 heavy (non-hydrogen) atoms. The second kappa shape index (κ2) is 11.1. The van der Waals surface area contributed by atoms with Gasteiger partial charge in [-0.3, -0.25) is 14.8 Å². The van der Waals surface area contributed by atoms with Crippen LogP contribution in [0.5, 0.6) is 0 Å². The molecule has 4 N–H and O–H groups in total. The quantitative estimate of drug-likeness (QED) is 0.542. The topological polar surface area (TPSA) is 109 Å². The largest absolute Gasteiger partial charge is 0.354 e. The van der Waals surface area contributed by atoms with Gasteiger partial charge in [0.05, 0.1) is 5.69 Å². The maximum Gasteiger partial charge on any atom is 0.354 e. The van der Waals surface area contributed by atoms with Crippen LogP contribution in [0.1, 0.15) is 44.1 Å². The Labute approximate surface area is 210 Å². The summed E-state index contributed by atoms with van der Waals surface area (Å²) in [5, 5.41) is 5.86. The minimum absolute atomic E-state index is 0.180. The van der Waals surface area contributed by atoms with Crippen LogP contribution in [0, 0.1) is 11.7 Å². The average molecular weight is 498 g/mol. The van der Waals surface area contributed by atoms with E-state index in [1.54, 1.807) is 23.1 Å². The number of rotatable bonds is 7. The third-order valence-corrected chi connectivity index (χ3v) is 7.58. The maximum atomic E-state index is 15.2. The van der Waals surface area contributed by atoms with Crippen LogP contribution < -0.4 is 22.1 Å². The molecule has 0 spiro atoms. The first-order valence-corrected chi connectivity index (χ1v) is 13.1. The molecule has 10 heteroatoms. The number of urea groups is 1. The fourth-order valence-corrected chi connectivity index (χ4v) is 5.20. The lowest BCUT2D eigenvalue weighted by Crippen LogP contribution is -2.48. The fourth-order valence-electron chi connectivity index (χ4n) is 5.20. The molecule has 1 aliphatic heterocycles. The second-order valence-corrected chi connectivity index (χ2v) is 10.3. The molecule has 0 bridgehead atoms. The molecule has 3 fully saturated rings. The summed E-state index contributed by atoms with van der Waals surface area (Å²) in [6.07, 6.45) is 8.20. The molecule has 1 aromatic carbocycles. The Morgan fingerprint density at radius 1 is 1.14 bits per heavy atom. The summed E-state index contributed by atoms with van der Waals surface area (Å²) in [6.45, 7) is 4.23. The molecule has 2 amide bonds. The molecule has 1 aromatic heterocycles. The molecule has 0 atom stereocenters. The van der Waals surface area contributed by atoms with E-state index in [4.69, 9.17) is 5.73 Å². The molecular weight excluding hydrogens is 461 g/mol. The number of carbonyl (C=O) groups is 1. The molecule has 2 aromatic rings. The van der Waals surface area contributed by atoms with Gasteiger partial charge in [-0.25, -0.2) is 14.0 Å². The van der Waals surface area contributed by atoms with Crippen molar-refractivity contribution in [3.63, 3.8) is 0 Å². The summed E-state index contributed by atoms with van der Waals surface area (Å²) in [5.74, 6) is 0.571. The maximum absolute atomic E-state index is 15.2. The first-order chi connectivity index (χ1) is 17.5. The van der Waals surface area contributed by atoms with Crippen molar-refractivity contribution in [3.05, 3.63) is 52.3 Å². The second-order valence-electron chi connectivity index (χ2n) is 10.3. The number of nitrogens with one attached hydrogen (secondary N) is 2. The first-order valence-electron chi connectivity index (χ1n) is 13.1. The van der Waals surface area contributed by atoms with E-state index in [1.807, 2.05) is 0 Å². The van der Waals surface area contributed by atoms with E-state index >= 15 is 4.39 Å². The molecule has 9 nitrogen and oxygen atoms in total. The molecule has 0 radical (unpaired) electrons. The number of carbonyl (C=O) groups excluding carboxylic acids is 1. The summed E-state index contributed by atoms with van der Waals surface area (Å²) in [4.78, 5) is 33.1. The van der Waals surface area contributed by atoms with Gasteiger partial charge in [-0.1, -0.05) is 6.07 Å². The predicted molar refractivity (Wildman–Crippen MR) is 137 cm³/mol. The number of nitrogens with two attached hydrogens (primary N) is 1. The Morgan fingerprint density at radius 2 is 1.89 bits per heavy atom. The van der Waals surface area contributed by atoms with Crippen LogP contribution in [-0.2, 0) is 6.54 Å². The zero-order valence-electron chi connectivity index (χ0n) is 20.7. The molecule has 2 heterocycles.